The molecule has 5 nitrogen and oxygen atoms in total. The molecule has 0 bridgehead atoms. The highest BCUT2D eigenvalue weighted by Gasteiger charge is 2.13. The van der Waals surface area contributed by atoms with Gasteiger partial charge in [-0.25, -0.2) is 5.43 Å². The van der Waals surface area contributed by atoms with Crippen LogP contribution in [0.15, 0.2) is 47.6 Å². The van der Waals surface area contributed by atoms with E-state index >= 15 is 0 Å². The zero-order valence-electron chi connectivity index (χ0n) is 14.1. The number of nitrogens with one attached hydrogen (secondary N) is 1. The number of hydrogen-bond acceptors (Lipinski definition) is 4. The highest BCUT2D eigenvalue weighted by Crippen LogP contribution is 2.22. The molecular formula is C19H22N2O3. The average Bonchev–Trinajstić information content (AvgIpc) is 2.49. The van der Waals surface area contributed by atoms with Crippen molar-refractivity contribution in [3.05, 3.63) is 59.2 Å². The van der Waals surface area contributed by atoms with Gasteiger partial charge in [0.05, 0.1) is 12.6 Å². The summed E-state index contributed by atoms with van der Waals surface area (Å²) < 4.78 is 0. The summed E-state index contributed by atoms with van der Waals surface area (Å²) >= 11 is 0. The van der Waals surface area contributed by atoms with Crippen molar-refractivity contribution < 1.29 is 15.0 Å². The van der Waals surface area contributed by atoms with Crippen molar-refractivity contribution in [2.45, 2.75) is 32.6 Å². The molecule has 0 aliphatic rings. The van der Waals surface area contributed by atoms with E-state index in [1.54, 1.807) is 0 Å². The first kappa shape index (κ1) is 17.5. The molecule has 0 atom stereocenters. The molecule has 2 rings (SSSR count). The first-order valence-corrected chi connectivity index (χ1v) is 7.69. The second-order valence-electron chi connectivity index (χ2n) is 6.66. The number of phenols is 2. The van der Waals surface area contributed by atoms with Gasteiger partial charge in [-0.2, -0.15) is 5.10 Å². The molecule has 0 aliphatic carbocycles. The molecule has 3 N–H and O–H groups in total. The van der Waals surface area contributed by atoms with Crippen LogP contribution in [0, 0.1) is 0 Å². The Morgan fingerprint density at radius 1 is 1.12 bits per heavy atom. The van der Waals surface area contributed by atoms with E-state index < -0.39 is 0 Å². The molecule has 2 aromatic carbocycles. The Morgan fingerprint density at radius 3 is 2.38 bits per heavy atom. The summed E-state index contributed by atoms with van der Waals surface area (Å²) in [4.78, 5) is 11.9. The number of carbonyl (C=O) groups is 1. The Bertz CT molecular complexity index is 744. The fraction of sp³-hybridized carbons (Fsp3) is 0.263. The maximum Gasteiger partial charge on any atom is 0.244 e. The van der Waals surface area contributed by atoms with Crippen LogP contribution in [0.1, 0.15) is 37.5 Å². The second kappa shape index (κ2) is 7.17. The Morgan fingerprint density at radius 2 is 1.79 bits per heavy atom. The van der Waals surface area contributed by atoms with E-state index in [0.717, 1.165) is 5.56 Å². The van der Waals surface area contributed by atoms with Gasteiger partial charge >= 0.3 is 0 Å². The Labute approximate surface area is 141 Å². The van der Waals surface area contributed by atoms with Crippen molar-refractivity contribution in [2.24, 2.45) is 5.10 Å². The minimum Gasteiger partial charge on any atom is -0.508 e. The summed E-state index contributed by atoms with van der Waals surface area (Å²) in [5.41, 5.74) is 5.03. The third-order valence-corrected chi connectivity index (χ3v) is 3.59. The lowest BCUT2D eigenvalue weighted by Gasteiger charge is -2.19. The van der Waals surface area contributed by atoms with Crippen molar-refractivity contribution >= 4 is 12.1 Å². The number of benzene rings is 2. The molecule has 5 heteroatoms. The summed E-state index contributed by atoms with van der Waals surface area (Å²) in [5.74, 6) is -0.383. The zero-order chi connectivity index (χ0) is 17.7. The van der Waals surface area contributed by atoms with Crippen molar-refractivity contribution in [3.8, 4) is 11.5 Å². The molecule has 24 heavy (non-hydrogen) atoms. The fourth-order valence-corrected chi connectivity index (χ4v) is 2.16. The zero-order valence-corrected chi connectivity index (χ0v) is 14.1. The third kappa shape index (κ3) is 4.84. The first-order chi connectivity index (χ1) is 11.3. The van der Waals surface area contributed by atoms with E-state index in [9.17, 15) is 15.0 Å². The van der Waals surface area contributed by atoms with Crippen LogP contribution in [-0.4, -0.2) is 22.3 Å². The van der Waals surface area contributed by atoms with E-state index in [0.29, 0.717) is 5.56 Å². The molecule has 0 aromatic heterocycles. The van der Waals surface area contributed by atoms with Gasteiger partial charge in [0.2, 0.25) is 5.91 Å². The predicted octanol–water partition coefficient (Wildman–Crippen LogP) is 3.09. The smallest absolute Gasteiger partial charge is 0.244 e. The number of carbonyl (C=O) groups excluding carboxylic acids is 1. The van der Waals surface area contributed by atoms with Crippen LogP contribution in [0.4, 0.5) is 0 Å². The van der Waals surface area contributed by atoms with Crippen LogP contribution in [0.2, 0.25) is 0 Å². The number of rotatable bonds is 4. The summed E-state index contributed by atoms with van der Waals surface area (Å²) in [7, 11) is 0. The van der Waals surface area contributed by atoms with Crippen LogP contribution in [0.3, 0.4) is 0 Å². The van der Waals surface area contributed by atoms with Gasteiger partial charge in [-0.05, 0) is 28.7 Å². The van der Waals surface area contributed by atoms with Gasteiger partial charge in [0, 0.05) is 11.6 Å². The van der Waals surface area contributed by atoms with Gasteiger partial charge in [-0.3, -0.25) is 4.79 Å². The molecule has 2 aromatic rings. The maximum atomic E-state index is 11.9. The van der Waals surface area contributed by atoms with Crippen molar-refractivity contribution in [3.63, 3.8) is 0 Å². The highest BCUT2D eigenvalue weighted by atomic mass is 16.3. The largest absolute Gasteiger partial charge is 0.508 e. The number of nitrogens with zero attached hydrogens (tertiary/aromatic N) is 1. The summed E-state index contributed by atoms with van der Waals surface area (Å²) in [6, 6.07) is 12.1. The Kier molecular flexibility index (Phi) is 5.24. The van der Waals surface area contributed by atoms with Gasteiger partial charge in [0.15, 0.2) is 0 Å². The first-order valence-electron chi connectivity index (χ1n) is 7.69. The molecule has 0 spiro atoms. The van der Waals surface area contributed by atoms with Crippen molar-refractivity contribution in [2.75, 3.05) is 0 Å². The third-order valence-electron chi connectivity index (χ3n) is 3.59. The lowest BCUT2D eigenvalue weighted by molar-refractivity contribution is -0.120. The fourth-order valence-electron chi connectivity index (χ4n) is 2.16. The van der Waals surface area contributed by atoms with Gasteiger partial charge in [0.25, 0.3) is 0 Å². The van der Waals surface area contributed by atoms with Gasteiger partial charge in [-0.15, -0.1) is 0 Å². The van der Waals surface area contributed by atoms with E-state index in [-0.39, 0.29) is 29.2 Å². The number of amides is 1. The van der Waals surface area contributed by atoms with Crippen LogP contribution < -0.4 is 5.43 Å². The van der Waals surface area contributed by atoms with Gasteiger partial charge < -0.3 is 10.2 Å². The summed E-state index contributed by atoms with van der Waals surface area (Å²) in [6.45, 7) is 6.42. The molecule has 0 fully saturated rings. The quantitative estimate of drug-likeness (QED) is 0.596. The minimum absolute atomic E-state index is 0.0348. The van der Waals surface area contributed by atoms with Crippen LogP contribution in [0.5, 0.6) is 11.5 Å². The Hall–Kier alpha value is -2.82. The summed E-state index contributed by atoms with van der Waals surface area (Å²) in [6.07, 6.45) is 1.55. The highest BCUT2D eigenvalue weighted by molar-refractivity contribution is 5.85. The van der Waals surface area contributed by atoms with E-state index in [1.165, 1.54) is 30.0 Å². The topological polar surface area (TPSA) is 81.9 Å². The Balaban J connectivity index is 1.92. The molecule has 0 saturated heterocycles. The molecule has 0 radical (unpaired) electrons. The summed E-state index contributed by atoms with van der Waals surface area (Å²) in [5, 5.41) is 22.6. The predicted molar refractivity (Wildman–Crippen MR) is 94.4 cm³/mol. The van der Waals surface area contributed by atoms with E-state index in [4.69, 9.17) is 0 Å². The second-order valence-corrected chi connectivity index (χ2v) is 6.66. The lowest BCUT2D eigenvalue weighted by atomic mass is 9.86. The number of aromatic hydroxyl groups is 2. The SMILES string of the molecule is CC(C)(C)c1ccc(CC(=O)N/N=C\c2ccc(O)cc2O)cc1. The van der Waals surface area contributed by atoms with Crippen LogP contribution >= 0.6 is 0 Å². The van der Waals surface area contributed by atoms with Crippen molar-refractivity contribution in [1.29, 1.82) is 0 Å². The van der Waals surface area contributed by atoms with Crippen LogP contribution in [-0.2, 0) is 16.6 Å². The van der Waals surface area contributed by atoms with Gasteiger partial charge in [0.1, 0.15) is 11.5 Å². The van der Waals surface area contributed by atoms with Crippen LogP contribution in [0.25, 0.3) is 0 Å². The van der Waals surface area contributed by atoms with E-state index in [1.807, 2.05) is 24.3 Å². The normalized spacial score (nSPS) is 11.6. The minimum atomic E-state index is -0.243. The molecule has 126 valence electrons. The number of phenolic OH excluding ortho intramolecular Hbond substituents is 2. The number of hydrazone groups is 1. The molecule has 0 unspecified atom stereocenters. The number of hydrogen-bond donors (Lipinski definition) is 3. The lowest BCUT2D eigenvalue weighted by Crippen LogP contribution is -2.20. The van der Waals surface area contributed by atoms with Gasteiger partial charge in [-0.1, -0.05) is 45.0 Å². The standard InChI is InChI=1S/C19H22N2O3/c1-19(2,3)15-7-4-13(5-8-15)10-18(24)21-20-12-14-6-9-16(22)11-17(14)23/h4-9,11-12,22-23H,10H2,1-3H3,(H,21,24)/b20-12-. The molecule has 1 amide bonds. The van der Waals surface area contributed by atoms with E-state index in [2.05, 4.69) is 31.3 Å². The maximum absolute atomic E-state index is 11.9. The molecule has 0 saturated carbocycles. The molecule has 0 heterocycles. The molecular weight excluding hydrogens is 304 g/mol. The average molecular weight is 326 g/mol. The van der Waals surface area contributed by atoms with Crippen molar-refractivity contribution in [1.82, 2.24) is 5.43 Å². The molecule has 0 aliphatic heterocycles. The monoisotopic (exact) mass is 326 g/mol.